The van der Waals surface area contributed by atoms with Crippen molar-refractivity contribution < 1.29 is 14.3 Å². The predicted octanol–water partition coefficient (Wildman–Crippen LogP) is 2.23. The summed E-state index contributed by atoms with van der Waals surface area (Å²) in [6.45, 7) is 3.50. The van der Waals surface area contributed by atoms with Crippen LogP contribution in [-0.2, 0) is 9.53 Å². The van der Waals surface area contributed by atoms with Gasteiger partial charge in [0.15, 0.2) is 5.82 Å². The van der Waals surface area contributed by atoms with E-state index < -0.39 is 0 Å². The average molecular weight is 432 g/mol. The number of nitrogens with one attached hydrogen (secondary N) is 2. The molecule has 5 rings (SSSR count). The Balaban J connectivity index is 1.40. The highest BCUT2D eigenvalue weighted by Crippen LogP contribution is 2.32. The number of hydrogen-bond donors (Lipinski definition) is 2. The Morgan fingerprint density at radius 1 is 1.38 bits per heavy atom. The third kappa shape index (κ3) is 4.56. The molecule has 0 spiro atoms. The summed E-state index contributed by atoms with van der Waals surface area (Å²) >= 11 is 0. The molecule has 1 aliphatic heterocycles. The first-order valence-corrected chi connectivity index (χ1v) is 10.8. The van der Waals surface area contributed by atoms with Crippen LogP contribution >= 0.6 is 0 Å². The van der Waals surface area contributed by atoms with Crippen molar-refractivity contribution in [2.24, 2.45) is 11.8 Å². The molecular weight excluding hydrogens is 408 g/mol. The lowest BCUT2D eigenvalue weighted by atomic mass is 10.1. The number of fused-ring (bicyclic) bond motifs is 1. The fourth-order valence-corrected chi connectivity index (χ4v) is 3.72. The second kappa shape index (κ2) is 8.94. The molecule has 0 unspecified atom stereocenters. The quantitative estimate of drug-likeness (QED) is 0.614. The second-order valence-corrected chi connectivity index (χ2v) is 8.21. The fraction of sp³-hybridized carbons (Fsp3) is 0.391. The highest BCUT2D eigenvalue weighted by atomic mass is 16.5. The van der Waals surface area contributed by atoms with Gasteiger partial charge in [-0.25, -0.2) is 9.50 Å². The van der Waals surface area contributed by atoms with E-state index in [0.717, 1.165) is 42.6 Å². The van der Waals surface area contributed by atoms with Crippen molar-refractivity contribution in [1.29, 1.82) is 5.26 Å². The van der Waals surface area contributed by atoms with Crippen molar-refractivity contribution >= 4 is 17.2 Å². The standard InChI is InChI=1S/C23H24N6O3/c24-10-18-8-20(21(12-26-18)32-14-15-11-25-4-6-31-13-15)17-3-5-29-19(7-17)9-22(28-29)27-23(30)16-1-2-16/h3,5,7-9,12,15-16,25H,1-2,4,6,11,13-14H2,(H,27,28,30)/t15-/m0/s1. The zero-order valence-electron chi connectivity index (χ0n) is 17.6. The van der Waals surface area contributed by atoms with Crippen molar-refractivity contribution in [3.63, 3.8) is 0 Å². The van der Waals surface area contributed by atoms with Crippen molar-refractivity contribution in [1.82, 2.24) is 19.9 Å². The molecule has 2 N–H and O–H groups in total. The summed E-state index contributed by atoms with van der Waals surface area (Å²) in [4.78, 5) is 16.2. The van der Waals surface area contributed by atoms with Gasteiger partial charge >= 0.3 is 0 Å². The van der Waals surface area contributed by atoms with Crippen LogP contribution in [0.15, 0.2) is 36.7 Å². The first kappa shape index (κ1) is 20.4. The molecule has 1 saturated heterocycles. The highest BCUT2D eigenvalue weighted by molar-refractivity contribution is 5.93. The van der Waals surface area contributed by atoms with E-state index in [0.29, 0.717) is 37.1 Å². The molecule has 0 bridgehead atoms. The summed E-state index contributed by atoms with van der Waals surface area (Å²) in [5, 5.41) is 20.0. The van der Waals surface area contributed by atoms with Crippen LogP contribution in [0, 0.1) is 23.2 Å². The summed E-state index contributed by atoms with van der Waals surface area (Å²) in [6, 6.07) is 9.53. The number of aromatic nitrogens is 3. The van der Waals surface area contributed by atoms with Crippen LogP contribution < -0.4 is 15.4 Å². The van der Waals surface area contributed by atoms with Crippen molar-refractivity contribution in [2.45, 2.75) is 12.8 Å². The third-order valence-corrected chi connectivity index (χ3v) is 5.64. The first-order chi connectivity index (χ1) is 15.7. The topological polar surface area (TPSA) is 114 Å². The van der Waals surface area contributed by atoms with E-state index in [1.807, 2.05) is 24.4 Å². The molecule has 9 heteroatoms. The number of anilines is 1. The van der Waals surface area contributed by atoms with Gasteiger partial charge in [0.2, 0.25) is 5.91 Å². The van der Waals surface area contributed by atoms with Crippen LogP contribution in [0.5, 0.6) is 5.75 Å². The summed E-state index contributed by atoms with van der Waals surface area (Å²) in [7, 11) is 0. The number of nitriles is 1. The molecule has 3 aromatic rings. The molecule has 32 heavy (non-hydrogen) atoms. The largest absolute Gasteiger partial charge is 0.491 e. The van der Waals surface area contributed by atoms with Crippen LogP contribution in [0.25, 0.3) is 16.6 Å². The minimum Gasteiger partial charge on any atom is -0.491 e. The molecule has 1 amide bonds. The lowest BCUT2D eigenvalue weighted by Crippen LogP contribution is -2.27. The van der Waals surface area contributed by atoms with Crippen LogP contribution in [-0.4, -0.2) is 53.4 Å². The fourth-order valence-electron chi connectivity index (χ4n) is 3.72. The molecule has 1 aliphatic carbocycles. The minimum atomic E-state index is 0.0223. The number of carbonyl (C=O) groups is 1. The van der Waals surface area contributed by atoms with Crippen LogP contribution in [0.4, 0.5) is 5.82 Å². The number of amides is 1. The summed E-state index contributed by atoms with van der Waals surface area (Å²) in [5.41, 5.74) is 2.81. The zero-order valence-corrected chi connectivity index (χ0v) is 17.6. The van der Waals surface area contributed by atoms with Gasteiger partial charge in [0, 0.05) is 42.8 Å². The monoisotopic (exact) mass is 432 g/mol. The highest BCUT2D eigenvalue weighted by Gasteiger charge is 2.30. The van der Waals surface area contributed by atoms with Gasteiger partial charge in [0.1, 0.15) is 17.5 Å². The first-order valence-electron chi connectivity index (χ1n) is 10.8. The van der Waals surface area contributed by atoms with Gasteiger partial charge in [-0.05, 0) is 36.6 Å². The SMILES string of the molecule is N#Cc1cc(-c2ccn3nc(NC(=O)C4CC4)cc3c2)c(OC[C@H]2CNCCOC2)cn1. The molecular formula is C23H24N6O3. The number of pyridine rings is 2. The van der Waals surface area contributed by atoms with Gasteiger partial charge in [0.25, 0.3) is 0 Å². The smallest absolute Gasteiger partial charge is 0.228 e. The van der Waals surface area contributed by atoms with E-state index in [1.165, 1.54) is 0 Å². The molecule has 1 saturated carbocycles. The van der Waals surface area contributed by atoms with Crippen LogP contribution in [0.2, 0.25) is 0 Å². The van der Waals surface area contributed by atoms with Crippen LogP contribution in [0.1, 0.15) is 18.5 Å². The Bertz CT molecular complexity index is 1170. The average Bonchev–Trinajstić information content (AvgIpc) is 3.62. The number of ether oxygens (including phenoxy) is 2. The maximum atomic E-state index is 12.1. The molecule has 9 nitrogen and oxygen atoms in total. The lowest BCUT2D eigenvalue weighted by Gasteiger charge is -2.17. The van der Waals surface area contributed by atoms with Gasteiger partial charge in [0.05, 0.1) is 31.5 Å². The maximum absolute atomic E-state index is 12.1. The van der Waals surface area contributed by atoms with Crippen LogP contribution in [0.3, 0.4) is 0 Å². The summed E-state index contributed by atoms with van der Waals surface area (Å²) in [5.74, 6) is 1.51. The number of carbonyl (C=O) groups excluding carboxylic acids is 1. The Labute approximate surface area is 185 Å². The zero-order chi connectivity index (χ0) is 21.9. The van der Waals surface area contributed by atoms with E-state index >= 15 is 0 Å². The molecule has 1 atom stereocenters. The van der Waals surface area contributed by atoms with E-state index in [4.69, 9.17) is 9.47 Å². The number of hydrogen-bond acceptors (Lipinski definition) is 7. The van der Waals surface area contributed by atoms with Crippen molar-refractivity contribution in [3.05, 3.63) is 42.4 Å². The molecule has 0 radical (unpaired) electrons. The van der Waals surface area contributed by atoms with Gasteiger partial charge in [-0.1, -0.05) is 0 Å². The Morgan fingerprint density at radius 3 is 3.12 bits per heavy atom. The summed E-state index contributed by atoms with van der Waals surface area (Å²) < 4.78 is 13.4. The summed E-state index contributed by atoms with van der Waals surface area (Å²) in [6.07, 6.45) is 5.31. The predicted molar refractivity (Wildman–Crippen MR) is 117 cm³/mol. The minimum absolute atomic E-state index is 0.0223. The Morgan fingerprint density at radius 2 is 2.28 bits per heavy atom. The normalized spacial score (nSPS) is 18.7. The maximum Gasteiger partial charge on any atom is 0.228 e. The van der Waals surface area contributed by atoms with Gasteiger partial charge in [-0.15, -0.1) is 0 Å². The molecule has 4 heterocycles. The Kier molecular flexibility index (Phi) is 5.71. The van der Waals surface area contributed by atoms with Gasteiger partial charge < -0.3 is 20.1 Å². The van der Waals surface area contributed by atoms with E-state index in [2.05, 4.69) is 26.8 Å². The van der Waals surface area contributed by atoms with E-state index in [9.17, 15) is 10.1 Å². The third-order valence-electron chi connectivity index (χ3n) is 5.64. The molecule has 0 aromatic carbocycles. The van der Waals surface area contributed by atoms with E-state index in [-0.39, 0.29) is 17.7 Å². The molecule has 2 aliphatic rings. The van der Waals surface area contributed by atoms with E-state index in [1.54, 1.807) is 16.8 Å². The van der Waals surface area contributed by atoms with Gasteiger partial charge in [-0.3, -0.25) is 4.79 Å². The van der Waals surface area contributed by atoms with Crippen molar-refractivity contribution in [2.75, 3.05) is 38.2 Å². The van der Waals surface area contributed by atoms with Gasteiger partial charge in [-0.2, -0.15) is 10.4 Å². The molecule has 3 aromatic heterocycles. The number of rotatable bonds is 6. The molecule has 2 fully saturated rings. The Hall–Kier alpha value is -3.48. The number of nitrogens with zero attached hydrogens (tertiary/aromatic N) is 4. The lowest BCUT2D eigenvalue weighted by molar-refractivity contribution is -0.117. The second-order valence-electron chi connectivity index (χ2n) is 8.21. The molecule has 164 valence electrons. The van der Waals surface area contributed by atoms with Crippen molar-refractivity contribution in [3.8, 4) is 22.9 Å².